The zero-order chi connectivity index (χ0) is 14.4. The van der Waals surface area contributed by atoms with Gasteiger partial charge in [-0.25, -0.2) is 4.79 Å². The van der Waals surface area contributed by atoms with Crippen molar-refractivity contribution in [3.05, 3.63) is 64.9 Å². The van der Waals surface area contributed by atoms with E-state index in [9.17, 15) is 4.79 Å². The summed E-state index contributed by atoms with van der Waals surface area (Å²) in [5.74, 6) is 0. The van der Waals surface area contributed by atoms with Gasteiger partial charge in [-0.15, -0.1) is 0 Å². The molecule has 2 N–H and O–H groups in total. The molecule has 5 heteroatoms. The van der Waals surface area contributed by atoms with Crippen molar-refractivity contribution in [2.24, 2.45) is 0 Å². The van der Waals surface area contributed by atoms with Gasteiger partial charge in [0, 0.05) is 17.8 Å². The average Bonchev–Trinajstić information content (AvgIpc) is 2.47. The summed E-state index contributed by atoms with van der Waals surface area (Å²) in [6, 6.07) is 12.6. The van der Waals surface area contributed by atoms with Crippen LogP contribution in [0.4, 0.5) is 4.79 Å². The summed E-state index contributed by atoms with van der Waals surface area (Å²) in [6.45, 7) is 2.35. The van der Waals surface area contributed by atoms with Gasteiger partial charge < -0.3 is 10.6 Å². The van der Waals surface area contributed by atoms with E-state index in [0.29, 0.717) is 11.6 Å². The number of pyridine rings is 1. The predicted molar refractivity (Wildman–Crippen MR) is 79.5 cm³/mol. The van der Waals surface area contributed by atoms with E-state index < -0.39 is 0 Å². The molecule has 0 fully saturated rings. The molecule has 1 aromatic carbocycles. The van der Waals surface area contributed by atoms with Crippen LogP contribution in [0, 0.1) is 0 Å². The van der Waals surface area contributed by atoms with Crippen LogP contribution in [-0.4, -0.2) is 11.0 Å². The molecular weight excluding hydrogens is 274 g/mol. The summed E-state index contributed by atoms with van der Waals surface area (Å²) in [5, 5.41) is 6.32. The summed E-state index contributed by atoms with van der Waals surface area (Å²) in [4.78, 5) is 16.0. The number of hydrogen-bond acceptors (Lipinski definition) is 2. The second-order valence-corrected chi connectivity index (χ2v) is 4.87. The number of nitrogens with zero attached hydrogens (tertiary/aromatic N) is 1. The van der Waals surface area contributed by atoms with E-state index in [1.54, 1.807) is 18.3 Å². The average molecular weight is 290 g/mol. The van der Waals surface area contributed by atoms with E-state index in [4.69, 9.17) is 11.6 Å². The van der Waals surface area contributed by atoms with Crippen molar-refractivity contribution in [3.8, 4) is 0 Å². The first-order chi connectivity index (χ1) is 9.65. The van der Waals surface area contributed by atoms with Crippen molar-refractivity contribution >= 4 is 17.6 Å². The number of amides is 2. The summed E-state index contributed by atoms with van der Waals surface area (Å²) >= 11 is 5.80. The van der Waals surface area contributed by atoms with Crippen LogP contribution in [0.1, 0.15) is 24.2 Å². The maximum Gasteiger partial charge on any atom is 0.315 e. The first-order valence-corrected chi connectivity index (χ1v) is 6.72. The second-order valence-electron chi connectivity index (χ2n) is 4.43. The largest absolute Gasteiger partial charge is 0.334 e. The number of carbonyl (C=O) groups is 1. The Morgan fingerprint density at radius 2 is 2.00 bits per heavy atom. The molecule has 2 aromatic rings. The molecule has 0 radical (unpaired) electrons. The van der Waals surface area contributed by atoms with Crippen LogP contribution in [0.25, 0.3) is 0 Å². The molecule has 1 aromatic heterocycles. The molecule has 104 valence electrons. The van der Waals surface area contributed by atoms with Crippen molar-refractivity contribution in [1.82, 2.24) is 15.6 Å². The van der Waals surface area contributed by atoms with Crippen LogP contribution in [0.2, 0.25) is 5.02 Å². The van der Waals surface area contributed by atoms with E-state index in [0.717, 1.165) is 11.3 Å². The third kappa shape index (κ3) is 4.24. The van der Waals surface area contributed by atoms with E-state index in [-0.39, 0.29) is 12.1 Å². The predicted octanol–water partition coefficient (Wildman–Crippen LogP) is 3.30. The second kappa shape index (κ2) is 6.91. The van der Waals surface area contributed by atoms with E-state index >= 15 is 0 Å². The first kappa shape index (κ1) is 14.3. The maximum absolute atomic E-state index is 11.8. The van der Waals surface area contributed by atoms with Crippen LogP contribution in [0.15, 0.2) is 48.7 Å². The third-order valence-corrected chi connectivity index (χ3v) is 3.10. The first-order valence-electron chi connectivity index (χ1n) is 6.35. The standard InChI is InChI=1S/C15H16ClN3O/c1-11(14-4-2-3-9-17-14)19-15(20)18-10-12-5-7-13(16)8-6-12/h2-9,11H,10H2,1H3,(H2,18,19,20)/t11-/m1/s1. The number of rotatable bonds is 4. The van der Waals surface area contributed by atoms with Crippen molar-refractivity contribution < 1.29 is 4.79 Å². The van der Waals surface area contributed by atoms with Gasteiger partial charge in [0.15, 0.2) is 0 Å². The highest BCUT2D eigenvalue weighted by atomic mass is 35.5. The molecule has 2 rings (SSSR count). The van der Waals surface area contributed by atoms with Crippen molar-refractivity contribution in [2.45, 2.75) is 19.5 Å². The minimum absolute atomic E-state index is 0.138. The lowest BCUT2D eigenvalue weighted by atomic mass is 10.2. The van der Waals surface area contributed by atoms with Gasteiger partial charge in [0.1, 0.15) is 0 Å². The molecule has 0 saturated heterocycles. The molecule has 2 amide bonds. The van der Waals surface area contributed by atoms with Crippen LogP contribution < -0.4 is 10.6 Å². The van der Waals surface area contributed by atoms with Gasteiger partial charge in [0.05, 0.1) is 11.7 Å². The Hall–Kier alpha value is -2.07. The zero-order valence-electron chi connectivity index (χ0n) is 11.1. The summed E-state index contributed by atoms with van der Waals surface area (Å²) in [6.07, 6.45) is 1.71. The van der Waals surface area contributed by atoms with Crippen LogP contribution in [-0.2, 0) is 6.54 Å². The third-order valence-electron chi connectivity index (χ3n) is 2.85. The fourth-order valence-corrected chi connectivity index (χ4v) is 1.86. The van der Waals surface area contributed by atoms with Gasteiger partial charge in [0.2, 0.25) is 0 Å². The SMILES string of the molecule is C[C@@H](NC(=O)NCc1ccc(Cl)cc1)c1ccccn1. The van der Waals surface area contributed by atoms with Crippen molar-refractivity contribution in [2.75, 3.05) is 0 Å². The Kier molecular flexibility index (Phi) is 4.96. The van der Waals surface area contributed by atoms with Crippen LogP contribution >= 0.6 is 11.6 Å². The highest BCUT2D eigenvalue weighted by Gasteiger charge is 2.09. The molecule has 0 spiro atoms. The minimum atomic E-state index is -0.224. The van der Waals surface area contributed by atoms with Gasteiger partial charge in [-0.05, 0) is 36.8 Å². The summed E-state index contributed by atoms with van der Waals surface area (Å²) in [7, 11) is 0. The van der Waals surface area contributed by atoms with Crippen LogP contribution in [0.3, 0.4) is 0 Å². The lowest BCUT2D eigenvalue weighted by Crippen LogP contribution is -2.36. The topological polar surface area (TPSA) is 54.0 Å². The number of nitrogens with one attached hydrogen (secondary N) is 2. The minimum Gasteiger partial charge on any atom is -0.334 e. The van der Waals surface area contributed by atoms with E-state index in [2.05, 4.69) is 15.6 Å². The lowest BCUT2D eigenvalue weighted by molar-refractivity contribution is 0.237. The number of halogens is 1. The Morgan fingerprint density at radius 3 is 2.65 bits per heavy atom. The molecule has 1 heterocycles. The molecule has 4 nitrogen and oxygen atoms in total. The molecule has 0 unspecified atom stereocenters. The van der Waals surface area contributed by atoms with Gasteiger partial charge in [-0.2, -0.15) is 0 Å². The molecule has 1 atom stereocenters. The summed E-state index contributed by atoms with van der Waals surface area (Å²) in [5.41, 5.74) is 1.82. The Labute approximate surface area is 123 Å². The summed E-state index contributed by atoms with van der Waals surface area (Å²) < 4.78 is 0. The molecule has 20 heavy (non-hydrogen) atoms. The number of hydrogen-bond donors (Lipinski definition) is 2. The number of carbonyl (C=O) groups excluding carboxylic acids is 1. The quantitative estimate of drug-likeness (QED) is 0.907. The molecule has 0 aliphatic heterocycles. The highest BCUT2D eigenvalue weighted by molar-refractivity contribution is 6.30. The van der Waals surface area contributed by atoms with Crippen LogP contribution in [0.5, 0.6) is 0 Å². The maximum atomic E-state index is 11.8. The number of benzene rings is 1. The highest BCUT2D eigenvalue weighted by Crippen LogP contribution is 2.10. The van der Waals surface area contributed by atoms with Gasteiger partial charge in [0.25, 0.3) is 0 Å². The lowest BCUT2D eigenvalue weighted by Gasteiger charge is -2.14. The Morgan fingerprint density at radius 1 is 1.25 bits per heavy atom. The zero-order valence-corrected chi connectivity index (χ0v) is 11.9. The molecule has 0 aliphatic rings. The fourth-order valence-electron chi connectivity index (χ4n) is 1.74. The molecule has 0 bridgehead atoms. The Balaban J connectivity index is 1.82. The van der Waals surface area contributed by atoms with Crippen molar-refractivity contribution in [1.29, 1.82) is 0 Å². The Bertz CT molecular complexity index is 557. The monoisotopic (exact) mass is 289 g/mol. The van der Waals surface area contributed by atoms with Gasteiger partial charge in [-0.1, -0.05) is 29.8 Å². The van der Waals surface area contributed by atoms with Gasteiger partial charge >= 0.3 is 6.03 Å². The smallest absolute Gasteiger partial charge is 0.315 e. The normalized spacial score (nSPS) is 11.7. The number of aromatic nitrogens is 1. The molecule has 0 aliphatic carbocycles. The van der Waals surface area contributed by atoms with E-state index in [1.165, 1.54) is 0 Å². The molecule has 0 saturated carbocycles. The van der Waals surface area contributed by atoms with E-state index in [1.807, 2.05) is 37.3 Å². The fraction of sp³-hybridized carbons (Fsp3) is 0.200. The van der Waals surface area contributed by atoms with Gasteiger partial charge in [-0.3, -0.25) is 4.98 Å². The number of urea groups is 1. The van der Waals surface area contributed by atoms with Crippen molar-refractivity contribution in [3.63, 3.8) is 0 Å². The molecular formula is C15H16ClN3O.